The maximum absolute atomic E-state index is 12.5. The van der Waals surface area contributed by atoms with Crippen LogP contribution in [-0.4, -0.2) is 11.6 Å². The molecule has 1 rings (SSSR count). The van der Waals surface area contributed by atoms with E-state index in [2.05, 4.69) is 34.6 Å². The van der Waals surface area contributed by atoms with Gasteiger partial charge in [-0.1, -0.05) is 54.0 Å². The van der Waals surface area contributed by atoms with Gasteiger partial charge in [0.05, 0.1) is 5.57 Å². The molecule has 0 aromatic heterocycles. The van der Waals surface area contributed by atoms with Crippen LogP contribution in [0.4, 0.5) is 0 Å². The van der Waals surface area contributed by atoms with Crippen LogP contribution in [0.3, 0.4) is 0 Å². The Kier molecular flexibility index (Phi) is 4.99. The molecule has 1 fully saturated rings. The first kappa shape index (κ1) is 17.1. The van der Waals surface area contributed by atoms with Gasteiger partial charge in [0.25, 0.3) is 0 Å². The molecular weight excluding hydrogens is 248 g/mol. The van der Waals surface area contributed by atoms with Crippen LogP contribution < -0.4 is 0 Å². The average molecular weight is 278 g/mol. The van der Waals surface area contributed by atoms with Crippen LogP contribution in [0, 0.1) is 16.7 Å². The van der Waals surface area contributed by atoms with Crippen molar-refractivity contribution in [3.63, 3.8) is 0 Å². The van der Waals surface area contributed by atoms with Crippen LogP contribution in [0.1, 0.15) is 74.1 Å². The Morgan fingerprint density at radius 2 is 1.55 bits per heavy atom. The molecule has 2 heteroatoms. The Bertz CT molecular complexity index is 409. The van der Waals surface area contributed by atoms with Crippen LogP contribution in [0.15, 0.2) is 11.1 Å². The number of Topliss-reactive ketones (excluding diaryl/α,β-unsaturated/α-hetero) is 2. The number of hydrogen-bond acceptors (Lipinski definition) is 2. The van der Waals surface area contributed by atoms with Crippen LogP contribution in [0.5, 0.6) is 0 Å². The highest BCUT2D eigenvalue weighted by molar-refractivity contribution is 6.22. The largest absolute Gasteiger partial charge is 0.294 e. The lowest BCUT2D eigenvalue weighted by molar-refractivity contribution is -0.127. The second-order valence-corrected chi connectivity index (χ2v) is 8.68. The maximum atomic E-state index is 12.5. The Morgan fingerprint density at radius 1 is 1.10 bits per heavy atom. The zero-order chi connectivity index (χ0) is 15.7. The first-order valence-electron chi connectivity index (χ1n) is 7.70. The van der Waals surface area contributed by atoms with Crippen molar-refractivity contribution >= 4 is 11.6 Å². The molecule has 1 aliphatic carbocycles. The molecule has 0 amide bonds. The van der Waals surface area contributed by atoms with Crippen molar-refractivity contribution in [2.45, 2.75) is 74.1 Å². The third-order valence-electron chi connectivity index (χ3n) is 3.59. The summed E-state index contributed by atoms with van der Waals surface area (Å²) in [5.41, 5.74) is 1.54. The van der Waals surface area contributed by atoms with E-state index in [4.69, 9.17) is 0 Å². The fraction of sp³-hybridized carbons (Fsp3) is 0.778. The highest BCUT2D eigenvalue weighted by Gasteiger charge is 2.37. The van der Waals surface area contributed by atoms with Gasteiger partial charge in [-0.3, -0.25) is 9.59 Å². The van der Waals surface area contributed by atoms with Crippen LogP contribution in [0.25, 0.3) is 0 Å². The molecule has 0 bridgehead atoms. The van der Waals surface area contributed by atoms with E-state index in [9.17, 15) is 9.59 Å². The van der Waals surface area contributed by atoms with Crippen molar-refractivity contribution < 1.29 is 9.59 Å². The average Bonchev–Trinajstić information content (AvgIpc) is 2.08. The summed E-state index contributed by atoms with van der Waals surface area (Å²) in [4.78, 5) is 24.9. The molecule has 114 valence electrons. The second-order valence-electron chi connectivity index (χ2n) is 8.68. The van der Waals surface area contributed by atoms with Crippen molar-refractivity contribution in [2.75, 3.05) is 0 Å². The number of ketones is 2. The van der Waals surface area contributed by atoms with E-state index in [1.807, 2.05) is 13.8 Å². The molecule has 0 unspecified atom stereocenters. The summed E-state index contributed by atoms with van der Waals surface area (Å²) >= 11 is 0. The third-order valence-corrected chi connectivity index (χ3v) is 3.59. The van der Waals surface area contributed by atoms with E-state index in [1.165, 1.54) is 0 Å². The minimum atomic E-state index is -0.178. The predicted octanol–water partition coefficient (Wildman–Crippen LogP) is 4.72. The molecule has 1 saturated carbocycles. The second kappa shape index (κ2) is 5.83. The molecule has 20 heavy (non-hydrogen) atoms. The van der Waals surface area contributed by atoms with Crippen LogP contribution in [0.2, 0.25) is 0 Å². The van der Waals surface area contributed by atoms with Gasteiger partial charge < -0.3 is 0 Å². The molecule has 0 aliphatic heterocycles. The lowest BCUT2D eigenvalue weighted by Gasteiger charge is -2.31. The zero-order valence-corrected chi connectivity index (χ0v) is 14.2. The fourth-order valence-corrected chi connectivity index (χ4v) is 3.05. The first-order valence-corrected chi connectivity index (χ1v) is 7.70. The first-order chi connectivity index (χ1) is 8.91. The minimum absolute atomic E-state index is 0.0613. The Morgan fingerprint density at radius 3 is 1.90 bits per heavy atom. The number of rotatable bonds is 3. The van der Waals surface area contributed by atoms with E-state index in [0.29, 0.717) is 24.3 Å². The molecule has 0 spiro atoms. The Balaban J connectivity index is 3.19. The van der Waals surface area contributed by atoms with Gasteiger partial charge in [-0.2, -0.15) is 0 Å². The van der Waals surface area contributed by atoms with E-state index >= 15 is 0 Å². The van der Waals surface area contributed by atoms with E-state index < -0.39 is 0 Å². The molecule has 0 heterocycles. The molecule has 0 aromatic carbocycles. The number of carbonyl (C=O) groups is 2. The summed E-state index contributed by atoms with van der Waals surface area (Å²) in [7, 11) is 0. The van der Waals surface area contributed by atoms with Gasteiger partial charge >= 0.3 is 0 Å². The predicted molar refractivity (Wildman–Crippen MR) is 83.6 cm³/mol. The van der Waals surface area contributed by atoms with Crippen molar-refractivity contribution in [1.29, 1.82) is 0 Å². The van der Waals surface area contributed by atoms with Gasteiger partial charge in [-0.05, 0) is 29.6 Å². The number of hydrogen-bond donors (Lipinski definition) is 0. The molecule has 0 saturated heterocycles. The van der Waals surface area contributed by atoms with Gasteiger partial charge in [0.15, 0.2) is 11.6 Å². The summed E-state index contributed by atoms with van der Waals surface area (Å²) in [5, 5.41) is 0. The minimum Gasteiger partial charge on any atom is -0.294 e. The number of allylic oxidation sites excluding steroid dienone is 2. The monoisotopic (exact) mass is 278 g/mol. The van der Waals surface area contributed by atoms with Gasteiger partial charge in [0, 0.05) is 12.8 Å². The van der Waals surface area contributed by atoms with Crippen LogP contribution in [-0.2, 0) is 9.59 Å². The van der Waals surface area contributed by atoms with E-state index in [0.717, 1.165) is 18.4 Å². The molecule has 0 N–H and O–H groups in total. The lowest BCUT2D eigenvalue weighted by Crippen LogP contribution is -2.33. The van der Waals surface area contributed by atoms with Crippen molar-refractivity contribution in [3.8, 4) is 0 Å². The molecular formula is C18H30O2. The van der Waals surface area contributed by atoms with Gasteiger partial charge in [-0.25, -0.2) is 0 Å². The lowest BCUT2D eigenvalue weighted by atomic mass is 9.71. The van der Waals surface area contributed by atoms with Gasteiger partial charge in [-0.15, -0.1) is 0 Å². The van der Waals surface area contributed by atoms with Gasteiger partial charge in [0.1, 0.15) is 0 Å². The highest BCUT2D eigenvalue weighted by Crippen LogP contribution is 2.38. The summed E-state index contributed by atoms with van der Waals surface area (Å²) in [6.07, 6.45) is 2.68. The normalized spacial score (nSPS) is 19.7. The smallest absolute Gasteiger partial charge is 0.166 e. The molecule has 2 nitrogen and oxygen atoms in total. The third kappa shape index (κ3) is 4.88. The standard InChI is InChI=1S/C18H30O2/c1-12(2)8-13(9-17(3,4)5)16-14(19)10-18(6,7)11-15(16)20/h12H,8-11H2,1-7H3. The van der Waals surface area contributed by atoms with Crippen molar-refractivity contribution in [2.24, 2.45) is 16.7 Å². The summed E-state index contributed by atoms with van der Waals surface area (Å²) < 4.78 is 0. The highest BCUT2D eigenvalue weighted by atomic mass is 16.1. The summed E-state index contributed by atoms with van der Waals surface area (Å²) in [5.74, 6) is 0.590. The van der Waals surface area contributed by atoms with E-state index in [-0.39, 0.29) is 22.4 Å². The maximum Gasteiger partial charge on any atom is 0.166 e. The summed E-state index contributed by atoms with van der Waals surface area (Å²) in [6, 6.07) is 0. The Labute approximate surface area is 124 Å². The topological polar surface area (TPSA) is 34.1 Å². The van der Waals surface area contributed by atoms with E-state index in [1.54, 1.807) is 0 Å². The molecule has 0 atom stereocenters. The zero-order valence-electron chi connectivity index (χ0n) is 14.2. The molecule has 1 aliphatic rings. The molecule has 0 radical (unpaired) electrons. The van der Waals surface area contributed by atoms with Crippen LogP contribution >= 0.6 is 0 Å². The van der Waals surface area contributed by atoms with Crippen molar-refractivity contribution in [1.82, 2.24) is 0 Å². The Hall–Kier alpha value is -0.920. The quantitative estimate of drug-likeness (QED) is 0.553. The van der Waals surface area contributed by atoms with Gasteiger partial charge in [0.2, 0.25) is 0 Å². The summed E-state index contributed by atoms with van der Waals surface area (Å²) in [6.45, 7) is 14.8. The fourth-order valence-electron chi connectivity index (χ4n) is 3.05. The molecule has 0 aromatic rings. The van der Waals surface area contributed by atoms with Crippen molar-refractivity contribution in [3.05, 3.63) is 11.1 Å². The number of carbonyl (C=O) groups excluding carboxylic acids is 2. The SMILES string of the molecule is CC(C)CC(CC(C)(C)C)=C1C(=O)CC(C)(C)CC1=O.